The summed E-state index contributed by atoms with van der Waals surface area (Å²) >= 11 is 0. The minimum atomic E-state index is -3.57. The van der Waals surface area contributed by atoms with E-state index in [9.17, 15) is 18.3 Å². The highest BCUT2D eigenvalue weighted by Crippen LogP contribution is 2.30. The van der Waals surface area contributed by atoms with E-state index in [-0.39, 0.29) is 22.2 Å². The van der Waals surface area contributed by atoms with Crippen LogP contribution >= 0.6 is 0 Å². The van der Waals surface area contributed by atoms with E-state index in [1.165, 1.54) is 54.6 Å². The minimum absolute atomic E-state index is 0.111. The standard InChI is InChI=1S/C20H30N2O4S/c23-19-12-11-17(27(25,26)22-13-4-5-14-22)15-18(19)21-20(24)10-6-9-16-7-2-1-3-8-16/h11-12,15-16,23H,1-10,13-14H2,(H,21,24). The molecule has 1 aliphatic heterocycles. The molecule has 1 saturated heterocycles. The maximum Gasteiger partial charge on any atom is 0.243 e. The molecule has 7 heteroatoms. The highest BCUT2D eigenvalue weighted by Gasteiger charge is 2.28. The second-order valence-corrected chi connectivity index (χ2v) is 9.67. The Kier molecular flexibility index (Phi) is 6.76. The van der Waals surface area contributed by atoms with Gasteiger partial charge in [0.2, 0.25) is 15.9 Å². The summed E-state index contributed by atoms with van der Waals surface area (Å²) in [5.41, 5.74) is 0.165. The molecule has 0 radical (unpaired) electrons. The fraction of sp³-hybridized carbons (Fsp3) is 0.650. The lowest BCUT2D eigenvalue weighted by Gasteiger charge is -2.21. The van der Waals surface area contributed by atoms with E-state index >= 15 is 0 Å². The van der Waals surface area contributed by atoms with Crippen LogP contribution in [0.25, 0.3) is 0 Å². The highest BCUT2D eigenvalue weighted by molar-refractivity contribution is 7.89. The summed E-state index contributed by atoms with van der Waals surface area (Å²) < 4.78 is 26.8. The molecule has 1 aromatic rings. The first-order valence-electron chi connectivity index (χ1n) is 10.1. The van der Waals surface area contributed by atoms with Crippen molar-refractivity contribution in [1.29, 1.82) is 0 Å². The van der Waals surface area contributed by atoms with Crippen LogP contribution in [0.5, 0.6) is 5.75 Å². The number of anilines is 1. The van der Waals surface area contributed by atoms with Crippen molar-refractivity contribution in [3.63, 3.8) is 0 Å². The smallest absolute Gasteiger partial charge is 0.243 e. The van der Waals surface area contributed by atoms with E-state index in [0.29, 0.717) is 19.5 Å². The lowest BCUT2D eigenvalue weighted by molar-refractivity contribution is -0.116. The number of rotatable bonds is 7. The maximum absolute atomic E-state index is 12.7. The number of sulfonamides is 1. The fourth-order valence-electron chi connectivity index (χ4n) is 4.09. The van der Waals surface area contributed by atoms with Crippen molar-refractivity contribution in [2.75, 3.05) is 18.4 Å². The maximum atomic E-state index is 12.7. The SMILES string of the molecule is O=C(CCCC1CCCCC1)Nc1cc(S(=O)(=O)N2CCCC2)ccc1O. The number of nitrogens with zero attached hydrogens (tertiary/aromatic N) is 1. The molecule has 2 N–H and O–H groups in total. The molecule has 150 valence electrons. The van der Waals surface area contributed by atoms with E-state index in [0.717, 1.165) is 31.6 Å². The Bertz CT molecular complexity index is 751. The molecule has 0 bridgehead atoms. The lowest BCUT2D eigenvalue weighted by Crippen LogP contribution is -2.28. The van der Waals surface area contributed by atoms with Gasteiger partial charge in [-0.25, -0.2) is 8.42 Å². The third-order valence-electron chi connectivity index (χ3n) is 5.69. The predicted molar refractivity (Wildman–Crippen MR) is 105 cm³/mol. The molecule has 2 aliphatic rings. The summed E-state index contributed by atoms with van der Waals surface area (Å²) in [5.74, 6) is 0.432. The summed E-state index contributed by atoms with van der Waals surface area (Å²) in [6.07, 6.45) is 10.4. The van der Waals surface area contributed by atoms with Crippen molar-refractivity contribution in [2.45, 2.75) is 69.1 Å². The monoisotopic (exact) mass is 394 g/mol. The van der Waals surface area contributed by atoms with Gasteiger partial charge in [0.15, 0.2) is 0 Å². The van der Waals surface area contributed by atoms with Crippen LogP contribution in [-0.4, -0.2) is 36.8 Å². The largest absolute Gasteiger partial charge is 0.506 e. The number of aromatic hydroxyl groups is 1. The van der Waals surface area contributed by atoms with E-state index < -0.39 is 10.0 Å². The molecule has 3 rings (SSSR count). The second-order valence-electron chi connectivity index (χ2n) is 7.73. The molecule has 1 amide bonds. The zero-order chi connectivity index (χ0) is 19.3. The van der Waals surface area contributed by atoms with Gasteiger partial charge in [-0.1, -0.05) is 32.1 Å². The van der Waals surface area contributed by atoms with Gasteiger partial charge in [-0.2, -0.15) is 4.31 Å². The van der Waals surface area contributed by atoms with Crippen LogP contribution in [0, 0.1) is 5.92 Å². The lowest BCUT2D eigenvalue weighted by atomic mass is 9.86. The number of amides is 1. The van der Waals surface area contributed by atoms with Gasteiger partial charge < -0.3 is 10.4 Å². The predicted octanol–water partition coefficient (Wildman–Crippen LogP) is 3.87. The van der Waals surface area contributed by atoms with E-state index in [1.54, 1.807) is 0 Å². The molecule has 1 saturated carbocycles. The molecular formula is C20H30N2O4S. The summed E-state index contributed by atoms with van der Waals surface area (Å²) in [6.45, 7) is 1.04. The quantitative estimate of drug-likeness (QED) is 0.688. The molecule has 0 aromatic heterocycles. The Morgan fingerprint density at radius 2 is 1.81 bits per heavy atom. The molecule has 1 aliphatic carbocycles. The zero-order valence-corrected chi connectivity index (χ0v) is 16.6. The Hall–Kier alpha value is -1.60. The van der Waals surface area contributed by atoms with Gasteiger partial charge in [-0.15, -0.1) is 0 Å². The third-order valence-corrected chi connectivity index (χ3v) is 7.58. The normalized spacial score (nSPS) is 19.3. The van der Waals surface area contributed by atoms with Gasteiger partial charge in [0.1, 0.15) is 5.75 Å². The average molecular weight is 395 g/mol. The summed E-state index contributed by atoms with van der Waals surface area (Å²) in [4.78, 5) is 12.4. The Labute approximate surface area is 162 Å². The van der Waals surface area contributed by atoms with Gasteiger partial charge in [0, 0.05) is 19.5 Å². The van der Waals surface area contributed by atoms with Crippen molar-refractivity contribution in [2.24, 2.45) is 5.92 Å². The van der Waals surface area contributed by atoms with E-state index in [2.05, 4.69) is 5.32 Å². The number of phenols is 1. The molecule has 0 atom stereocenters. The van der Waals surface area contributed by atoms with E-state index in [4.69, 9.17) is 0 Å². The van der Waals surface area contributed by atoms with Crippen LogP contribution in [0.2, 0.25) is 0 Å². The molecule has 0 unspecified atom stereocenters. The van der Waals surface area contributed by atoms with Crippen molar-refractivity contribution in [1.82, 2.24) is 4.31 Å². The minimum Gasteiger partial charge on any atom is -0.506 e. The second kappa shape index (κ2) is 9.06. The number of phenolic OH excluding ortho intramolecular Hbond substituents is 1. The van der Waals surface area contributed by atoms with Crippen LogP contribution in [0.4, 0.5) is 5.69 Å². The van der Waals surface area contributed by atoms with Crippen LogP contribution < -0.4 is 5.32 Å². The number of benzene rings is 1. The van der Waals surface area contributed by atoms with Crippen molar-refractivity contribution in [3.05, 3.63) is 18.2 Å². The molecule has 0 spiro atoms. The first kappa shape index (κ1) is 20.1. The summed E-state index contributed by atoms with van der Waals surface area (Å²) in [6, 6.07) is 4.09. The molecule has 1 heterocycles. The summed E-state index contributed by atoms with van der Waals surface area (Å²) in [7, 11) is -3.57. The van der Waals surface area contributed by atoms with Crippen molar-refractivity contribution in [3.8, 4) is 5.75 Å². The number of carbonyl (C=O) groups excluding carboxylic acids is 1. The summed E-state index contributed by atoms with van der Waals surface area (Å²) in [5, 5.41) is 12.7. The van der Waals surface area contributed by atoms with Gasteiger partial charge in [-0.3, -0.25) is 4.79 Å². The zero-order valence-electron chi connectivity index (χ0n) is 15.8. The Morgan fingerprint density at radius 3 is 2.52 bits per heavy atom. The number of nitrogens with one attached hydrogen (secondary N) is 1. The van der Waals surface area contributed by atoms with Crippen molar-refractivity contribution >= 4 is 21.6 Å². The molecular weight excluding hydrogens is 364 g/mol. The highest BCUT2D eigenvalue weighted by atomic mass is 32.2. The molecule has 27 heavy (non-hydrogen) atoms. The molecule has 2 fully saturated rings. The molecule has 1 aromatic carbocycles. The number of hydrogen-bond acceptors (Lipinski definition) is 4. The van der Waals surface area contributed by atoms with Crippen molar-refractivity contribution < 1.29 is 18.3 Å². The Morgan fingerprint density at radius 1 is 1.11 bits per heavy atom. The van der Waals surface area contributed by atoms with Crippen LogP contribution in [0.1, 0.15) is 64.2 Å². The third kappa shape index (κ3) is 5.23. The van der Waals surface area contributed by atoms with Crippen LogP contribution in [-0.2, 0) is 14.8 Å². The first-order chi connectivity index (χ1) is 13.0. The van der Waals surface area contributed by atoms with Crippen LogP contribution in [0.3, 0.4) is 0 Å². The van der Waals surface area contributed by atoms with Gasteiger partial charge >= 0.3 is 0 Å². The average Bonchev–Trinajstić information content (AvgIpc) is 3.20. The Balaban J connectivity index is 1.58. The topological polar surface area (TPSA) is 86.7 Å². The van der Waals surface area contributed by atoms with E-state index in [1.807, 2.05) is 0 Å². The molecule has 6 nitrogen and oxygen atoms in total. The number of hydrogen-bond donors (Lipinski definition) is 2. The van der Waals surface area contributed by atoms with Crippen LogP contribution in [0.15, 0.2) is 23.1 Å². The van der Waals surface area contributed by atoms with Gasteiger partial charge in [0.25, 0.3) is 0 Å². The fourth-order valence-corrected chi connectivity index (χ4v) is 5.64. The van der Waals surface area contributed by atoms with Gasteiger partial charge in [-0.05, 0) is 49.8 Å². The van der Waals surface area contributed by atoms with Gasteiger partial charge in [0.05, 0.1) is 10.6 Å². The first-order valence-corrected chi connectivity index (χ1v) is 11.5. The number of carbonyl (C=O) groups is 1.